The van der Waals surface area contributed by atoms with E-state index < -0.39 is 0 Å². The second-order valence-corrected chi connectivity index (χ2v) is 5.14. The molecule has 0 spiro atoms. The highest BCUT2D eigenvalue weighted by Gasteiger charge is 2.21. The molecule has 0 atom stereocenters. The van der Waals surface area contributed by atoms with E-state index in [9.17, 15) is 0 Å². The van der Waals surface area contributed by atoms with Crippen LogP contribution in [0.25, 0.3) is 0 Å². The molecule has 0 saturated carbocycles. The molecule has 0 fully saturated rings. The standard InChI is InChI=1S/C18H18O2/c1-13-8-10-17(19-13)16(18-11-9-14(2)20-18)12-15-6-4-3-5-7-15/h3-11,16H,12H2,1-2H3. The van der Waals surface area contributed by atoms with Gasteiger partial charge in [0.2, 0.25) is 0 Å². The number of furan rings is 2. The van der Waals surface area contributed by atoms with Crippen LogP contribution in [-0.2, 0) is 6.42 Å². The third-order valence-corrected chi connectivity index (χ3v) is 3.49. The van der Waals surface area contributed by atoms with Crippen LogP contribution >= 0.6 is 0 Å². The topological polar surface area (TPSA) is 26.3 Å². The van der Waals surface area contributed by atoms with Crippen LogP contribution < -0.4 is 0 Å². The predicted octanol–water partition coefficient (Wildman–Crippen LogP) is 4.86. The van der Waals surface area contributed by atoms with Gasteiger partial charge in [-0.05, 0) is 50.1 Å². The average molecular weight is 266 g/mol. The van der Waals surface area contributed by atoms with Gasteiger partial charge in [0.25, 0.3) is 0 Å². The van der Waals surface area contributed by atoms with Gasteiger partial charge in [0, 0.05) is 0 Å². The van der Waals surface area contributed by atoms with Crippen molar-refractivity contribution in [2.75, 3.05) is 0 Å². The number of aryl methyl sites for hydroxylation is 2. The van der Waals surface area contributed by atoms with Gasteiger partial charge in [-0.15, -0.1) is 0 Å². The first kappa shape index (κ1) is 12.8. The molecule has 1 aromatic carbocycles. The maximum atomic E-state index is 5.82. The Bertz CT molecular complexity index is 636. The molecule has 0 radical (unpaired) electrons. The lowest BCUT2D eigenvalue weighted by molar-refractivity contribution is 0.406. The van der Waals surface area contributed by atoms with E-state index in [-0.39, 0.29) is 5.92 Å². The molecule has 102 valence electrons. The summed E-state index contributed by atoms with van der Waals surface area (Å²) in [4.78, 5) is 0. The zero-order valence-electron chi connectivity index (χ0n) is 11.8. The highest BCUT2D eigenvalue weighted by Crippen LogP contribution is 2.31. The van der Waals surface area contributed by atoms with E-state index in [4.69, 9.17) is 8.83 Å². The number of hydrogen-bond acceptors (Lipinski definition) is 2. The summed E-state index contributed by atoms with van der Waals surface area (Å²) in [5.74, 6) is 3.91. The van der Waals surface area contributed by atoms with Crippen LogP contribution in [-0.4, -0.2) is 0 Å². The second kappa shape index (κ2) is 5.41. The molecule has 0 aliphatic carbocycles. The zero-order chi connectivity index (χ0) is 13.9. The minimum atomic E-state index is 0.125. The first-order chi connectivity index (χ1) is 9.72. The van der Waals surface area contributed by atoms with E-state index in [0.717, 1.165) is 29.5 Å². The Morgan fingerprint density at radius 3 is 1.75 bits per heavy atom. The van der Waals surface area contributed by atoms with E-state index in [0.29, 0.717) is 0 Å². The minimum Gasteiger partial charge on any atom is -0.466 e. The van der Waals surface area contributed by atoms with Gasteiger partial charge in [-0.25, -0.2) is 0 Å². The summed E-state index contributed by atoms with van der Waals surface area (Å²) in [6, 6.07) is 18.5. The third kappa shape index (κ3) is 2.69. The van der Waals surface area contributed by atoms with E-state index in [2.05, 4.69) is 24.3 Å². The lowest BCUT2D eigenvalue weighted by Crippen LogP contribution is -2.03. The molecule has 0 bridgehead atoms. The van der Waals surface area contributed by atoms with Crippen molar-refractivity contribution in [1.29, 1.82) is 0 Å². The van der Waals surface area contributed by atoms with Gasteiger partial charge in [-0.3, -0.25) is 0 Å². The van der Waals surface area contributed by atoms with E-state index >= 15 is 0 Å². The molecule has 0 unspecified atom stereocenters. The van der Waals surface area contributed by atoms with Crippen molar-refractivity contribution < 1.29 is 8.83 Å². The largest absolute Gasteiger partial charge is 0.466 e. The Labute approximate surface area is 119 Å². The van der Waals surface area contributed by atoms with Gasteiger partial charge in [0.15, 0.2) is 0 Å². The molecule has 3 rings (SSSR count). The number of benzene rings is 1. The molecule has 0 aliphatic heterocycles. The van der Waals surface area contributed by atoms with Crippen LogP contribution in [0.5, 0.6) is 0 Å². The van der Waals surface area contributed by atoms with Crippen molar-refractivity contribution in [1.82, 2.24) is 0 Å². The van der Waals surface area contributed by atoms with Crippen LogP contribution in [0.15, 0.2) is 63.4 Å². The van der Waals surface area contributed by atoms with Crippen molar-refractivity contribution in [3.05, 3.63) is 83.2 Å². The third-order valence-electron chi connectivity index (χ3n) is 3.49. The van der Waals surface area contributed by atoms with Crippen molar-refractivity contribution in [2.45, 2.75) is 26.2 Å². The summed E-state index contributed by atoms with van der Waals surface area (Å²) in [5.41, 5.74) is 1.28. The van der Waals surface area contributed by atoms with Crippen LogP contribution in [0, 0.1) is 13.8 Å². The molecular weight excluding hydrogens is 248 g/mol. The summed E-state index contributed by atoms with van der Waals surface area (Å²) >= 11 is 0. The fourth-order valence-corrected chi connectivity index (χ4v) is 2.47. The summed E-state index contributed by atoms with van der Waals surface area (Å²) < 4.78 is 11.6. The van der Waals surface area contributed by atoms with E-state index in [1.54, 1.807) is 0 Å². The molecule has 0 amide bonds. The smallest absolute Gasteiger partial charge is 0.115 e. The molecule has 2 aromatic heterocycles. The van der Waals surface area contributed by atoms with Gasteiger partial charge in [-0.2, -0.15) is 0 Å². The first-order valence-corrected chi connectivity index (χ1v) is 6.89. The molecule has 0 saturated heterocycles. The van der Waals surface area contributed by atoms with Crippen LogP contribution in [0.4, 0.5) is 0 Å². The molecule has 3 aromatic rings. The van der Waals surface area contributed by atoms with Gasteiger partial charge in [0.1, 0.15) is 23.0 Å². The molecule has 2 nitrogen and oxygen atoms in total. The van der Waals surface area contributed by atoms with Gasteiger partial charge in [-0.1, -0.05) is 30.3 Å². The summed E-state index contributed by atoms with van der Waals surface area (Å²) in [5, 5.41) is 0. The summed E-state index contributed by atoms with van der Waals surface area (Å²) in [6.45, 7) is 3.94. The normalized spacial score (nSPS) is 11.2. The Hall–Kier alpha value is -2.22. The van der Waals surface area contributed by atoms with Crippen LogP contribution in [0.1, 0.15) is 34.5 Å². The van der Waals surface area contributed by atoms with Crippen molar-refractivity contribution in [3.63, 3.8) is 0 Å². The average Bonchev–Trinajstić information content (AvgIpc) is 3.06. The van der Waals surface area contributed by atoms with E-state index in [1.165, 1.54) is 5.56 Å². The second-order valence-electron chi connectivity index (χ2n) is 5.14. The summed E-state index contributed by atoms with van der Waals surface area (Å²) in [6.07, 6.45) is 0.876. The highest BCUT2D eigenvalue weighted by atomic mass is 16.4. The molecule has 2 heterocycles. The monoisotopic (exact) mass is 266 g/mol. The van der Waals surface area contributed by atoms with Crippen LogP contribution in [0.3, 0.4) is 0 Å². The lowest BCUT2D eigenvalue weighted by atomic mass is 9.95. The fraction of sp³-hybridized carbons (Fsp3) is 0.222. The van der Waals surface area contributed by atoms with Gasteiger partial charge in [0.05, 0.1) is 5.92 Å². The fourth-order valence-electron chi connectivity index (χ4n) is 2.47. The van der Waals surface area contributed by atoms with Gasteiger partial charge >= 0.3 is 0 Å². The maximum Gasteiger partial charge on any atom is 0.115 e. The Balaban J connectivity index is 1.95. The molecule has 20 heavy (non-hydrogen) atoms. The zero-order valence-corrected chi connectivity index (χ0v) is 11.8. The summed E-state index contributed by atoms with van der Waals surface area (Å²) in [7, 11) is 0. The molecule has 2 heteroatoms. The molecule has 0 N–H and O–H groups in total. The number of hydrogen-bond donors (Lipinski definition) is 0. The highest BCUT2D eigenvalue weighted by molar-refractivity contribution is 5.27. The SMILES string of the molecule is Cc1ccc(C(Cc2ccccc2)c2ccc(C)o2)o1. The number of rotatable bonds is 4. The molecular formula is C18H18O2. The predicted molar refractivity (Wildman–Crippen MR) is 78.9 cm³/mol. The van der Waals surface area contributed by atoms with Crippen molar-refractivity contribution >= 4 is 0 Å². The van der Waals surface area contributed by atoms with Crippen molar-refractivity contribution in [3.8, 4) is 0 Å². The Morgan fingerprint density at radius 2 is 1.30 bits per heavy atom. The lowest BCUT2D eigenvalue weighted by Gasteiger charge is -2.12. The van der Waals surface area contributed by atoms with E-state index in [1.807, 2.05) is 44.2 Å². The Morgan fingerprint density at radius 1 is 0.750 bits per heavy atom. The quantitative estimate of drug-likeness (QED) is 0.673. The van der Waals surface area contributed by atoms with Crippen LogP contribution in [0.2, 0.25) is 0 Å². The van der Waals surface area contributed by atoms with Gasteiger partial charge < -0.3 is 8.83 Å². The first-order valence-electron chi connectivity index (χ1n) is 6.89. The Kier molecular flexibility index (Phi) is 3.46. The maximum absolute atomic E-state index is 5.82. The minimum absolute atomic E-state index is 0.125. The molecule has 0 aliphatic rings. The van der Waals surface area contributed by atoms with Crippen molar-refractivity contribution in [2.24, 2.45) is 0 Å².